The van der Waals surface area contributed by atoms with Gasteiger partial charge in [0, 0.05) is 19.6 Å². The molecule has 2 unspecified atom stereocenters. The molecule has 6 nitrogen and oxygen atoms in total. The summed E-state index contributed by atoms with van der Waals surface area (Å²) in [4.78, 5) is 28.9. The Morgan fingerprint density at radius 3 is 2.71 bits per heavy atom. The maximum absolute atomic E-state index is 12.8. The van der Waals surface area contributed by atoms with Crippen LogP contribution in [0, 0.1) is 5.92 Å². The summed E-state index contributed by atoms with van der Waals surface area (Å²) in [6.07, 6.45) is 1.74. The summed E-state index contributed by atoms with van der Waals surface area (Å²) in [6, 6.07) is 5.58. The highest BCUT2D eigenvalue weighted by Gasteiger charge is 2.36. The van der Waals surface area contributed by atoms with E-state index in [4.69, 9.17) is 4.74 Å². The standard InChI is InChI=1S/C18H23N3O3/c1-11-18(23)20(2)15-5-3-4-13(16(15)24-11)17(22)19-14-10-21-8-6-12(14)7-9-21/h3-5,11-12,14H,6-10H2,1-2H3,(H,19,22). The highest BCUT2D eigenvalue weighted by molar-refractivity contribution is 6.05. The van der Waals surface area contributed by atoms with E-state index in [1.165, 1.54) is 0 Å². The van der Waals surface area contributed by atoms with Gasteiger partial charge in [0.25, 0.3) is 11.8 Å². The van der Waals surface area contributed by atoms with Crippen molar-refractivity contribution < 1.29 is 14.3 Å². The van der Waals surface area contributed by atoms with Gasteiger partial charge in [-0.25, -0.2) is 0 Å². The molecule has 128 valence electrons. The molecular weight excluding hydrogens is 306 g/mol. The van der Waals surface area contributed by atoms with Gasteiger partial charge in [0.05, 0.1) is 11.3 Å². The number of amides is 2. The van der Waals surface area contributed by atoms with E-state index in [1.54, 1.807) is 31.0 Å². The highest BCUT2D eigenvalue weighted by Crippen LogP contribution is 2.36. The second kappa shape index (κ2) is 5.77. The van der Waals surface area contributed by atoms with Crippen LogP contribution in [-0.4, -0.2) is 55.5 Å². The molecule has 2 amide bonds. The van der Waals surface area contributed by atoms with Crippen molar-refractivity contribution in [3.8, 4) is 5.75 Å². The van der Waals surface area contributed by atoms with E-state index in [1.807, 2.05) is 6.07 Å². The lowest BCUT2D eigenvalue weighted by Crippen LogP contribution is -2.57. The number of hydrogen-bond acceptors (Lipinski definition) is 4. The number of hydrogen-bond donors (Lipinski definition) is 1. The van der Waals surface area contributed by atoms with Gasteiger partial charge in [0.2, 0.25) is 0 Å². The van der Waals surface area contributed by atoms with Crippen LogP contribution in [-0.2, 0) is 4.79 Å². The summed E-state index contributed by atoms with van der Waals surface area (Å²) >= 11 is 0. The zero-order chi connectivity index (χ0) is 16.8. The molecule has 2 atom stereocenters. The first-order valence-corrected chi connectivity index (χ1v) is 8.65. The summed E-state index contributed by atoms with van der Waals surface area (Å²) in [6.45, 7) is 4.93. The normalized spacial score (nSPS) is 31.4. The number of nitrogens with one attached hydrogen (secondary N) is 1. The lowest BCUT2D eigenvalue weighted by atomic mass is 9.84. The van der Waals surface area contributed by atoms with Crippen molar-refractivity contribution in [1.29, 1.82) is 0 Å². The van der Waals surface area contributed by atoms with E-state index in [9.17, 15) is 9.59 Å². The number of nitrogens with zero attached hydrogens (tertiary/aromatic N) is 2. The molecule has 3 fully saturated rings. The molecule has 2 bridgehead atoms. The number of fused-ring (bicyclic) bond motifs is 4. The Bertz CT molecular complexity index is 682. The van der Waals surface area contributed by atoms with Gasteiger partial charge in [-0.2, -0.15) is 0 Å². The first-order chi connectivity index (χ1) is 11.5. The van der Waals surface area contributed by atoms with E-state index in [0.29, 0.717) is 22.9 Å². The number of benzene rings is 1. The Hall–Kier alpha value is -2.08. The van der Waals surface area contributed by atoms with Crippen LogP contribution in [0.25, 0.3) is 0 Å². The molecule has 4 aliphatic heterocycles. The number of ether oxygens (including phenoxy) is 1. The molecule has 0 radical (unpaired) electrons. The van der Waals surface area contributed by atoms with Crippen molar-refractivity contribution in [2.24, 2.45) is 5.92 Å². The smallest absolute Gasteiger partial charge is 0.267 e. The molecule has 0 saturated carbocycles. The summed E-state index contributed by atoms with van der Waals surface area (Å²) < 4.78 is 5.76. The molecule has 1 aromatic rings. The van der Waals surface area contributed by atoms with Crippen molar-refractivity contribution in [3.63, 3.8) is 0 Å². The lowest BCUT2D eigenvalue weighted by molar-refractivity contribution is -0.125. The molecule has 5 rings (SSSR count). The van der Waals surface area contributed by atoms with Gasteiger partial charge in [-0.3, -0.25) is 9.59 Å². The predicted molar refractivity (Wildman–Crippen MR) is 90.4 cm³/mol. The van der Waals surface area contributed by atoms with Crippen LogP contribution in [0.4, 0.5) is 5.69 Å². The number of para-hydroxylation sites is 1. The largest absolute Gasteiger partial charge is 0.478 e. The van der Waals surface area contributed by atoms with Crippen molar-refractivity contribution in [1.82, 2.24) is 10.2 Å². The summed E-state index contributed by atoms with van der Waals surface area (Å²) in [5.74, 6) is 0.867. The maximum atomic E-state index is 12.8. The predicted octanol–water partition coefficient (Wildman–Crippen LogP) is 1.25. The third kappa shape index (κ3) is 2.45. The van der Waals surface area contributed by atoms with Gasteiger partial charge in [-0.15, -0.1) is 0 Å². The van der Waals surface area contributed by atoms with Gasteiger partial charge in [-0.05, 0) is 50.9 Å². The Kier molecular flexibility index (Phi) is 3.72. The first kappa shape index (κ1) is 15.4. The zero-order valence-electron chi connectivity index (χ0n) is 14.1. The van der Waals surface area contributed by atoms with E-state index < -0.39 is 6.10 Å². The highest BCUT2D eigenvalue weighted by atomic mass is 16.5. The van der Waals surface area contributed by atoms with Crippen LogP contribution in [0.2, 0.25) is 0 Å². The van der Waals surface area contributed by atoms with Crippen molar-refractivity contribution in [2.45, 2.75) is 31.9 Å². The molecule has 0 aromatic heterocycles. The van der Waals surface area contributed by atoms with E-state index in [-0.39, 0.29) is 17.9 Å². The molecule has 0 aliphatic carbocycles. The zero-order valence-corrected chi connectivity index (χ0v) is 14.1. The number of piperidine rings is 3. The van der Waals surface area contributed by atoms with Crippen molar-refractivity contribution in [3.05, 3.63) is 23.8 Å². The second-order valence-electron chi connectivity index (χ2n) is 7.03. The van der Waals surface area contributed by atoms with Crippen molar-refractivity contribution >= 4 is 17.5 Å². The number of likely N-dealkylation sites (N-methyl/N-ethyl adjacent to an activating group) is 1. The van der Waals surface area contributed by atoms with Gasteiger partial charge in [0.15, 0.2) is 11.9 Å². The first-order valence-electron chi connectivity index (χ1n) is 8.65. The Morgan fingerprint density at radius 1 is 1.29 bits per heavy atom. The average Bonchev–Trinajstić information content (AvgIpc) is 2.60. The lowest BCUT2D eigenvalue weighted by Gasteiger charge is -2.45. The fraction of sp³-hybridized carbons (Fsp3) is 0.556. The number of rotatable bonds is 2. The van der Waals surface area contributed by atoms with Gasteiger partial charge >= 0.3 is 0 Å². The topological polar surface area (TPSA) is 61.9 Å². The quantitative estimate of drug-likeness (QED) is 0.887. The summed E-state index contributed by atoms with van der Waals surface area (Å²) in [7, 11) is 1.72. The number of carbonyl (C=O) groups is 2. The minimum absolute atomic E-state index is 0.0996. The second-order valence-corrected chi connectivity index (χ2v) is 7.03. The molecule has 24 heavy (non-hydrogen) atoms. The molecule has 4 aliphatic rings. The summed E-state index contributed by atoms with van der Waals surface area (Å²) in [5.41, 5.74) is 1.16. The molecule has 4 heterocycles. The maximum Gasteiger partial charge on any atom is 0.267 e. The molecular formula is C18H23N3O3. The average molecular weight is 329 g/mol. The Morgan fingerprint density at radius 2 is 2.04 bits per heavy atom. The minimum atomic E-state index is -0.576. The fourth-order valence-corrected chi connectivity index (χ4v) is 4.08. The molecule has 0 spiro atoms. The van der Waals surface area contributed by atoms with Crippen LogP contribution in [0.1, 0.15) is 30.1 Å². The third-order valence-electron chi connectivity index (χ3n) is 5.55. The van der Waals surface area contributed by atoms with Crippen LogP contribution < -0.4 is 15.0 Å². The monoisotopic (exact) mass is 329 g/mol. The molecule has 1 aromatic carbocycles. The van der Waals surface area contributed by atoms with Gasteiger partial charge < -0.3 is 19.9 Å². The molecule has 1 N–H and O–H groups in total. The van der Waals surface area contributed by atoms with Gasteiger partial charge in [-0.1, -0.05) is 6.07 Å². The number of anilines is 1. The van der Waals surface area contributed by atoms with E-state index in [0.717, 1.165) is 32.5 Å². The van der Waals surface area contributed by atoms with Gasteiger partial charge in [0.1, 0.15) is 0 Å². The van der Waals surface area contributed by atoms with Crippen LogP contribution >= 0.6 is 0 Å². The minimum Gasteiger partial charge on any atom is -0.478 e. The van der Waals surface area contributed by atoms with E-state index in [2.05, 4.69) is 10.2 Å². The molecule has 6 heteroatoms. The third-order valence-corrected chi connectivity index (χ3v) is 5.55. The van der Waals surface area contributed by atoms with E-state index >= 15 is 0 Å². The SMILES string of the molecule is CC1Oc2c(C(=O)NC3CN4CCC3CC4)cccc2N(C)C1=O. The Balaban J connectivity index is 1.58. The fourth-order valence-electron chi connectivity index (χ4n) is 4.08. The molecule has 3 saturated heterocycles. The summed E-state index contributed by atoms with van der Waals surface area (Å²) in [5, 5.41) is 3.19. The van der Waals surface area contributed by atoms with Crippen LogP contribution in [0.5, 0.6) is 5.75 Å². The van der Waals surface area contributed by atoms with Crippen LogP contribution in [0.3, 0.4) is 0 Å². The van der Waals surface area contributed by atoms with Crippen LogP contribution in [0.15, 0.2) is 18.2 Å². The Labute approximate surface area is 141 Å². The number of carbonyl (C=O) groups excluding carboxylic acids is 2. The van der Waals surface area contributed by atoms with Crippen molar-refractivity contribution in [2.75, 3.05) is 31.6 Å².